The van der Waals surface area contributed by atoms with Gasteiger partial charge in [-0.1, -0.05) is 23.2 Å². The summed E-state index contributed by atoms with van der Waals surface area (Å²) in [5.41, 5.74) is 0. The van der Waals surface area contributed by atoms with Crippen molar-refractivity contribution >= 4 is 29.5 Å². The molecular formula is C3HCl2FO. The highest BCUT2D eigenvalue weighted by Gasteiger charge is 1.94. The maximum atomic E-state index is 11.5. The Bertz CT molecular complexity index is 106. The minimum absolute atomic E-state index is 0.0602. The second kappa shape index (κ2) is 2.99. The molecule has 0 aliphatic heterocycles. The fraction of sp³-hybridized carbons (Fsp3) is 0. The minimum atomic E-state index is -1.14. The standard InChI is InChI=1S/C3HCl2FO/c4-3(5)2(6)1-7/h1H. The van der Waals surface area contributed by atoms with Crippen LogP contribution in [-0.4, -0.2) is 6.29 Å². The maximum Gasteiger partial charge on any atom is 0.192 e. The molecule has 0 N–H and O–H groups in total. The number of aldehydes is 1. The first-order valence-electron chi connectivity index (χ1n) is 1.34. The van der Waals surface area contributed by atoms with Crippen molar-refractivity contribution in [1.82, 2.24) is 0 Å². The quantitative estimate of drug-likeness (QED) is 0.404. The van der Waals surface area contributed by atoms with E-state index in [9.17, 15) is 9.18 Å². The number of hydrogen-bond donors (Lipinski definition) is 0. The predicted octanol–water partition coefficient (Wildman–Crippen LogP) is 1.80. The highest BCUT2D eigenvalue weighted by atomic mass is 35.5. The molecule has 0 spiro atoms. The van der Waals surface area contributed by atoms with Crippen LogP contribution in [0.5, 0.6) is 0 Å². The molecular weight excluding hydrogens is 142 g/mol. The van der Waals surface area contributed by atoms with Crippen LogP contribution in [0.2, 0.25) is 0 Å². The van der Waals surface area contributed by atoms with Crippen LogP contribution in [0.3, 0.4) is 0 Å². The van der Waals surface area contributed by atoms with Gasteiger partial charge in [0.05, 0.1) is 0 Å². The molecule has 0 atom stereocenters. The van der Waals surface area contributed by atoms with Gasteiger partial charge in [0, 0.05) is 0 Å². The fourth-order valence-electron chi connectivity index (χ4n) is 0.0445. The summed E-state index contributed by atoms with van der Waals surface area (Å²) in [6.07, 6.45) is -0.0602. The third kappa shape index (κ3) is 2.60. The maximum absolute atomic E-state index is 11.5. The van der Waals surface area contributed by atoms with Crippen LogP contribution in [0.1, 0.15) is 0 Å². The second-order valence-electron chi connectivity index (χ2n) is 0.726. The molecule has 0 bridgehead atoms. The Hall–Kier alpha value is -0.0800. The van der Waals surface area contributed by atoms with E-state index in [0.717, 1.165) is 0 Å². The van der Waals surface area contributed by atoms with E-state index in [1.54, 1.807) is 0 Å². The molecule has 0 aromatic carbocycles. The van der Waals surface area contributed by atoms with Gasteiger partial charge in [-0.15, -0.1) is 0 Å². The number of hydrogen-bond acceptors (Lipinski definition) is 1. The topological polar surface area (TPSA) is 17.1 Å². The van der Waals surface area contributed by atoms with Gasteiger partial charge in [-0.05, 0) is 0 Å². The molecule has 0 unspecified atom stereocenters. The summed E-state index contributed by atoms with van der Waals surface area (Å²) < 4.78 is 10.9. The van der Waals surface area contributed by atoms with Gasteiger partial charge in [0.15, 0.2) is 12.1 Å². The predicted molar refractivity (Wildman–Crippen MR) is 25.9 cm³/mol. The SMILES string of the molecule is O=CC(F)=C(Cl)Cl. The van der Waals surface area contributed by atoms with Crippen LogP contribution in [0.4, 0.5) is 4.39 Å². The number of allylic oxidation sites excluding steroid dienone is 1. The van der Waals surface area contributed by atoms with Crippen molar-refractivity contribution < 1.29 is 9.18 Å². The summed E-state index contributed by atoms with van der Waals surface area (Å²) in [4.78, 5) is 9.34. The highest BCUT2D eigenvalue weighted by Crippen LogP contribution is 2.12. The van der Waals surface area contributed by atoms with E-state index in [2.05, 4.69) is 0 Å². The van der Waals surface area contributed by atoms with Crippen LogP contribution >= 0.6 is 23.2 Å². The van der Waals surface area contributed by atoms with Gasteiger partial charge in [0.25, 0.3) is 0 Å². The van der Waals surface area contributed by atoms with Gasteiger partial charge >= 0.3 is 0 Å². The van der Waals surface area contributed by atoms with Crippen molar-refractivity contribution in [3.63, 3.8) is 0 Å². The molecule has 0 fully saturated rings. The first-order chi connectivity index (χ1) is 3.18. The average Bonchev–Trinajstić information content (AvgIpc) is 1.65. The van der Waals surface area contributed by atoms with E-state index in [0.29, 0.717) is 0 Å². The second-order valence-corrected chi connectivity index (χ2v) is 1.68. The van der Waals surface area contributed by atoms with Crippen LogP contribution in [0.25, 0.3) is 0 Å². The van der Waals surface area contributed by atoms with Gasteiger partial charge in [-0.25, -0.2) is 4.39 Å². The van der Waals surface area contributed by atoms with E-state index < -0.39 is 10.3 Å². The Labute approximate surface area is 49.7 Å². The molecule has 1 nitrogen and oxygen atoms in total. The van der Waals surface area contributed by atoms with Crippen LogP contribution in [0, 0.1) is 0 Å². The lowest BCUT2D eigenvalue weighted by Gasteiger charge is -1.76. The first-order valence-corrected chi connectivity index (χ1v) is 2.10. The third-order valence-electron chi connectivity index (χ3n) is 0.284. The van der Waals surface area contributed by atoms with Gasteiger partial charge in [-0.2, -0.15) is 0 Å². The Kier molecular flexibility index (Phi) is 2.96. The molecule has 4 heteroatoms. The van der Waals surface area contributed by atoms with E-state index in [-0.39, 0.29) is 6.29 Å². The Morgan fingerprint density at radius 1 is 1.57 bits per heavy atom. The van der Waals surface area contributed by atoms with E-state index in [4.69, 9.17) is 23.2 Å². The molecule has 0 saturated heterocycles. The zero-order valence-corrected chi connectivity index (χ0v) is 4.63. The van der Waals surface area contributed by atoms with E-state index in [1.165, 1.54) is 0 Å². The number of halogens is 3. The fourth-order valence-corrected chi connectivity index (χ4v) is 0.134. The van der Waals surface area contributed by atoms with Gasteiger partial charge in [-0.3, -0.25) is 4.79 Å². The summed E-state index contributed by atoms with van der Waals surface area (Å²) in [5.74, 6) is -1.14. The summed E-state index contributed by atoms with van der Waals surface area (Å²) in [5, 5.41) is 0. The zero-order chi connectivity index (χ0) is 5.86. The Morgan fingerprint density at radius 3 is 2.00 bits per heavy atom. The molecule has 0 heterocycles. The van der Waals surface area contributed by atoms with Gasteiger partial charge in [0.1, 0.15) is 4.49 Å². The molecule has 0 radical (unpaired) electrons. The van der Waals surface area contributed by atoms with Crippen molar-refractivity contribution in [2.24, 2.45) is 0 Å². The summed E-state index contributed by atoms with van der Waals surface area (Å²) in [6, 6.07) is 0. The molecule has 40 valence electrons. The van der Waals surface area contributed by atoms with Gasteiger partial charge in [0.2, 0.25) is 0 Å². The van der Waals surface area contributed by atoms with Crippen molar-refractivity contribution in [2.75, 3.05) is 0 Å². The number of rotatable bonds is 1. The Balaban J connectivity index is 3.98. The third-order valence-corrected chi connectivity index (χ3v) is 0.645. The lowest BCUT2D eigenvalue weighted by atomic mass is 10.7. The normalized spacial score (nSPS) is 7.86. The number of carbonyl (C=O) groups is 1. The molecule has 7 heavy (non-hydrogen) atoms. The van der Waals surface area contributed by atoms with Crippen LogP contribution in [-0.2, 0) is 4.79 Å². The van der Waals surface area contributed by atoms with E-state index in [1.807, 2.05) is 0 Å². The minimum Gasteiger partial charge on any atom is -0.295 e. The molecule has 0 rings (SSSR count). The smallest absolute Gasteiger partial charge is 0.192 e. The molecule has 0 aliphatic carbocycles. The highest BCUT2D eigenvalue weighted by molar-refractivity contribution is 6.56. The Morgan fingerprint density at radius 2 is 2.00 bits per heavy atom. The van der Waals surface area contributed by atoms with Crippen LogP contribution in [0.15, 0.2) is 10.3 Å². The largest absolute Gasteiger partial charge is 0.295 e. The zero-order valence-electron chi connectivity index (χ0n) is 3.12. The summed E-state index contributed by atoms with van der Waals surface area (Å²) in [6.45, 7) is 0. The van der Waals surface area contributed by atoms with Gasteiger partial charge < -0.3 is 0 Å². The van der Waals surface area contributed by atoms with Crippen molar-refractivity contribution in [3.05, 3.63) is 10.3 Å². The lowest BCUT2D eigenvalue weighted by Crippen LogP contribution is -1.71. The van der Waals surface area contributed by atoms with E-state index >= 15 is 0 Å². The number of carbonyl (C=O) groups excluding carboxylic acids is 1. The van der Waals surface area contributed by atoms with Crippen molar-refractivity contribution in [3.8, 4) is 0 Å². The average molecular weight is 143 g/mol. The van der Waals surface area contributed by atoms with Crippen molar-refractivity contribution in [1.29, 1.82) is 0 Å². The molecule has 0 aromatic rings. The molecule has 0 saturated carbocycles. The monoisotopic (exact) mass is 142 g/mol. The first kappa shape index (κ1) is 6.92. The molecule has 0 aliphatic rings. The molecule has 0 aromatic heterocycles. The lowest BCUT2D eigenvalue weighted by molar-refractivity contribution is -0.106. The van der Waals surface area contributed by atoms with Crippen molar-refractivity contribution in [2.45, 2.75) is 0 Å². The summed E-state index contributed by atoms with van der Waals surface area (Å²) in [7, 11) is 0. The van der Waals surface area contributed by atoms with Crippen LogP contribution < -0.4 is 0 Å². The molecule has 0 amide bonds. The summed E-state index contributed by atoms with van der Waals surface area (Å²) >= 11 is 9.53.